The van der Waals surface area contributed by atoms with Crippen molar-refractivity contribution in [3.05, 3.63) is 12.7 Å². The Bertz CT molecular complexity index is 210. The van der Waals surface area contributed by atoms with Crippen molar-refractivity contribution < 1.29 is 14.6 Å². The molecule has 1 aliphatic heterocycles. The molecule has 0 aromatic rings. The molecule has 1 N–H and O–H groups in total. The van der Waals surface area contributed by atoms with Gasteiger partial charge in [0.25, 0.3) is 0 Å². The van der Waals surface area contributed by atoms with Crippen molar-refractivity contribution in [2.24, 2.45) is 11.8 Å². The van der Waals surface area contributed by atoms with E-state index in [4.69, 9.17) is 4.74 Å². The maximum absolute atomic E-state index is 11.3. The number of hydrogen-bond donors (Lipinski definition) is 1. The molecule has 3 heteroatoms. The van der Waals surface area contributed by atoms with Crippen LogP contribution >= 0.6 is 0 Å². The van der Waals surface area contributed by atoms with E-state index in [0.717, 1.165) is 0 Å². The quantitative estimate of drug-likeness (QED) is 0.528. The third-order valence-corrected chi connectivity index (χ3v) is 2.38. The highest BCUT2D eigenvalue weighted by Gasteiger charge is 2.43. The van der Waals surface area contributed by atoms with Gasteiger partial charge in [-0.2, -0.15) is 0 Å². The highest BCUT2D eigenvalue weighted by Crippen LogP contribution is 2.29. The van der Waals surface area contributed by atoms with Crippen molar-refractivity contribution in [1.29, 1.82) is 0 Å². The monoisotopic (exact) mass is 184 g/mol. The summed E-state index contributed by atoms with van der Waals surface area (Å²) in [6.07, 6.45) is 1.10. The second kappa shape index (κ2) is 3.92. The van der Waals surface area contributed by atoms with Gasteiger partial charge in [0.1, 0.15) is 12.2 Å². The number of ether oxygens (including phenoxy) is 1. The van der Waals surface area contributed by atoms with Crippen molar-refractivity contribution in [2.45, 2.75) is 32.5 Å². The van der Waals surface area contributed by atoms with E-state index in [0.29, 0.717) is 6.42 Å². The fourth-order valence-corrected chi connectivity index (χ4v) is 1.61. The molecule has 2 unspecified atom stereocenters. The first-order chi connectivity index (χ1) is 6.07. The molecule has 1 saturated heterocycles. The van der Waals surface area contributed by atoms with Crippen molar-refractivity contribution in [3.8, 4) is 0 Å². The molecule has 1 rings (SSSR count). The van der Waals surface area contributed by atoms with Crippen LogP contribution in [0.15, 0.2) is 12.7 Å². The first-order valence-corrected chi connectivity index (χ1v) is 4.57. The fraction of sp³-hybridized carbons (Fsp3) is 0.700. The number of hydrogen-bond acceptors (Lipinski definition) is 3. The summed E-state index contributed by atoms with van der Waals surface area (Å²) in [6, 6.07) is 0. The summed E-state index contributed by atoms with van der Waals surface area (Å²) in [4.78, 5) is 11.3. The number of aliphatic hydroxyl groups is 1. The van der Waals surface area contributed by atoms with Crippen LogP contribution in [0.4, 0.5) is 0 Å². The lowest BCUT2D eigenvalue weighted by atomic mass is 9.93. The van der Waals surface area contributed by atoms with E-state index in [2.05, 4.69) is 6.58 Å². The smallest absolute Gasteiger partial charge is 0.312 e. The molecular weight excluding hydrogens is 168 g/mol. The fourth-order valence-electron chi connectivity index (χ4n) is 1.61. The second-order valence-electron chi connectivity index (χ2n) is 3.77. The summed E-state index contributed by atoms with van der Waals surface area (Å²) in [7, 11) is 0. The largest absolute Gasteiger partial charge is 0.459 e. The average molecular weight is 184 g/mol. The highest BCUT2D eigenvalue weighted by molar-refractivity contribution is 5.76. The summed E-state index contributed by atoms with van der Waals surface area (Å²) in [5.74, 6) is -0.551. The van der Waals surface area contributed by atoms with Crippen LogP contribution in [0.25, 0.3) is 0 Å². The first kappa shape index (κ1) is 10.3. The molecule has 0 amide bonds. The van der Waals surface area contributed by atoms with Crippen molar-refractivity contribution in [1.82, 2.24) is 0 Å². The Kier molecular flexibility index (Phi) is 3.09. The second-order valence-corrected chi connectivity index (χ2v) is 3.77. The van der Waals surface area contributed by atoms with Crippen molar-refractivity contribution in [2.75, 3.05) is 0 Å². The molecule has 3 atom stereocenters. The minimum atomic E-state index is -0.675. The van der Waals surface area contributed by atoms with E-state index in [-0.39, 0.29) is 18.0 Å². The SMILES string of the molecule is C=CCC1C(=O)O[C@H](C(C)C)C1O. The molecule has 0 radical (unpaired) electrons. The number of carbonyl (C=O) groups excluding carboxylic acids is 1. The minimum Gasteiger partial charge on any atom is -0.459 e. The zero-order chi connectivity index (χ0) is 10.0. The van der Waals surface area contributed by atoms with Gasteiger partial charge in [-0.05, 0) is 12.3 Å². The van der Waals surface area contributed by atoms with E-state index in [1.54, 1.807) is 6.08 Å². The Balaban J connectivity index is 2.68. The molecule has 0 bridgehead atoms. The van der Waals surface area contributed by atoms with Gasteiger partial charge < -0.3 is 9.84 Å². The van der Waals surface area contributed by atoms with Crippen LogP contribution in [0.2, 0.25) is 0 Å². The van der Waals surface area contributed by atoms with Crippen molar-refractivity contribution >= 4 is 5.97 Å². The number of aliphatic hydroxyl groups excluding tert-OH is 1. The lowest BCUT2D eigenvalue weighted by molar-refractivity contribution is -0.145. The predicted octanol–water partition coefficient (Wildman–Crippen LogP) is 1.12. The van der Waals surface area contributed by atoms with Gasteiger partial charge in [0, 0.05) is 0 Å². The number of rotatable bonds is 3. The Morgan fingerprint density at radius 1 is 1.69 bits per heavy atom. The third kappa shape index (κ3) is 1.91. The normalized spacial score (nSPS) is 33.5. The molecule has 1 heterocycles. The van der Waals surface area contributed by atoms with E-state index in [9.17, 15) is 9.90 Å². The van der Waals surface area contributed by atoms with E-state index in [1.165, 1.54) is 0 Å². The Hall–Kier alpha value is -0.830. The summed E-state index contributed by atoms with van der Waals surface area (Å²) < 4.78 is 5.06. The average Bonchev–Trinajstić information content (AvgIpc) is 2.32. The molecular formula is C10H16O3. The van der Waals surface area contributed by atoms with E-state index in [1.807, 2.05) is 13.8 Å². The summed E-state index contributed by atoms with van der Waals surface area (Å²) in [5, 5.41) is 9.73. The summed E-state index contributed by atoms with van der Waals surface area (Å²) in [5.41, 5.74) is 0. The van der Waals surface area contributed by atoms with Gasteiger partial charge in [-0.3, -0.25) is 4.79 Å². The maximum Gasteiger partial charge on any atom is 0.312 e. The molecule has 0 aromatic carbocycles. The van der Waals surface area contributed by atoms with Gasteiger partial charge >= 0.3 is 5.97 Å². The summed E-state index contributed by atoms with van der Waals surface area (Å²) >= 11 is 0. The number of allylic oxidation sites excluding steroid dienone is 1. The van der Waals surface area contributed by atoms with Crippen LogP contribution in [0.1, 0.15) is 20.3 Å². The molecule has 0 saturated carbocycles. The van der Waals surface area contributed by atoms with Crippen LogP contribution in [-0.4, -0.2) is 23.3 Å². The topological polar surface area (TPSA) is 46.5 Å². The van der Waals surface area contributed by atoms with Gasteiger partial charge in [0.15, 0.2) is 0 Å². The van der Waals surface area contributed by atoms with E-state index < -0.39 is 12.0 Å². The Morgan fingerprint density at radius 2 is 2.31 bits per heavy atom. The molecule has 0 aliphatic carbocycles. The Morgan fingerprint density at radius 3 is 2.69 bits per heavy atom. The zero-order valence-corrected chi connectivity index (χ0v) is 8.06. The van der Waals surface area contributed by atoms with Gasteiger partial charge in [-0.25, -0.2) is 0 Å². The summed E-state index contributed by atoms with van der Waals surface area (Å²) in [6.45, 7) is 7.40. The number of carbonyl (C=O) groups is 1. The zero-order valence-electron chi connectivity index (χ0n) is 8.06. The molecule has 3 nitrogen and oxygen atoms in total. The number of esters is 1. The molecule has 74 valence electrons. The first-order valence-electron chi connectivity index (χ1n) is 4.57. The van der Waals surface area contributed by atoms with E-state index >= 15 is 0 Å². The Labute approximate surface area is 78.4 Å². The molecule has 13 heavy (non-hydrogen) atoms. The van der Waals surface area contributed by atoms with Gasteiger partial charge in [-0.15, -0.1) is 6.58 Å². The molecule has 0 spiro atoms. The van der Waals surface area contributed by atoms with Crippen LogP contribution in [0.5, 0.6) is 0 Å². The van der Waals surface area contributed by atoms with Crippen LogP contribution < -0.4 is 0 Å². The van der Waals surface area contributed by atoms with Gasteiger partial charge in [0.2, 0.25) is 0 Å². The maximum atomic E-state index is 11.3. The third-order valence-electron chi connectivity index (χ3n) is 2.38. The van der Waals surface area contributed by atoms with Gasteiger partial charge in [-0.1, -0.05) is 19.9 Å². The molecule has 1 aliphatic rings. The highest BCUT2D eigenvalue weighted by atomic mass is 16.6. The number of cyclic esters (lactones) is 1. The van der Waals surface area contributed by atoms with Crippen LogP contribution in [-0.2, 0) is 9.53 Å². The van der Waals surface area contributed by atoms with Crippen molar-refractivity contribution in [3.63, 3.8) is 0 Å². The lowest BCUT2D eigenvalue weighted by Crippen LogP contribution is -2.30. The van der Waals surface area contributed by atoms with Gasteiger partial charge in [0.05, 0.1) is 5.92 Å². The minimum absolute atomic E-state index is 0.161. The van der Waals surface area contributed by atoms with Crippen LogP contribution in [0.3, 0.4) is 0 Å². The van der Waals surface area contributed by atoms with Crippen LogP contribution in [0, 0.1) is 11.8 Å². The molecule has 1 fully saturated rings. The predicted molar refractivity (Wildman–Crippen MR) is 49.0 cm³/mol. The lowest BCUT2D eigenvalue weighted by Gasteiger charge is -2.17. The molecule has 0 aromatic heterocycles. The standard InChI is InChI=1S/C10H16O3/c1-4-5-7-8(11)9(6(2)3)13-10(7)12/h4,6-9,11H,1,5H2,2-3H3/t7?,8?,9-/m1/s1.